The van der Waals surface area contributed by atoms with E-state index in [1.54, 1.807) is 0 Å². The quantitative estimate of drug-likeness (QED) is 0.689. The van der Waals surface area contributed by atoms with E-state index in [9.17, 15) is 4.89 Å². The smallest absolute Gasteiger partial charge is 0.225 e. The molecule has 0 N–H and O–H groups in total. The van der Waals surface area contributed by atoms with Crippen molar-refractivity contribution in [3.05, 3.63) is 35.9 Å². The molecule has 0 spiro atoms. The van der Waals surface area contributed by atoms with Gasteiger partial charge >= 0.3 is 0 Å². The molecule has 0 radical (unpaired) electrons. The Morgan fingerprint density at radius 3 is 2.67 bits per heavy atom. The van der Waals surface area contributed by atoms with Crippen LogP contribution < -0.4 is 4.89 Å². The Balaban J connectivity index is 2.26. The normalized spacial score (nSPS) is 30.1. The van der Waals surface area contributed by atoms with Crippen molar-refractivity contribution in [1.29, 1.82) is 0 Å². The third kappa shape index (κ3) is 2.37. The second kappa shape index (κ2) is 4.18. The zero-order valence-electron chi connectivity index (χ0n) is 8.90. The summed E-state index contributed by atoms with van der Waals surface area (Å²) in [6.07, 6.45) is -0.140. The Bertz CT molecular complexity index is 326. The highest BCUT2D eigenvalue weighted by Crippen LogP contribution is 2.50. The van der Waals surface area contributed by atoms with E-state index in [1.807, 2.05) is 30.3 Å². The molecule has 0 aromatic heterocycles. The van der Waals surface area contributed by atoms with Gasteiger partial charge in [0.25, 0.3) is 0 Å². The van der Waals surface area contributed by atoms with Gasteiger partial charge in [-0.25, -0.2) is 9.05 Å². The van der Waals surface area contributed by atoms with Crippen LogP contribution in [0.3, 0.4) is 0 Å². The maximum atomic E-state index is 11.3. The number of hydrogen-bond donors (Lipinski definition) is 0. The second-order valence-corrected chi connectivity index (χ2v) is 5.46. The van der Waals surface area contributed by atoms with Gasteiger partial charge in [-0.1, -0.05) is 44.2 Å². The Kier molecular flexibility index (Phi) is 3.08. The number of rotatable bonds is 1. The Labute approximate surface area is 91.0 Å². The second-order valence-electron chi connectivity index (χ2n) is 4.44. The SMILES string of the molecule is CC1(C)CO[PH+]([O-])O[C@H]1c1ccccc1. The standard InChI is InChI=1S/C11H15O3P/c1-11(2)8-13-15(12)14-10(11)9-6-4-3-5-7-9/h3-7,10,15H,8H2,1-2H3/t10-/m0/s1. The number of benzene rings is 1. The van der Waals surface area contributed by atoms with Gasteiger partial charge in [-0.15, -0.1) is 0 Å². The summed E-state index contributed by atoms with van der Waals surface area (Å²) in [4.78, 5) is 11.3. The first-order valence-corrected chi connectivity index (χ1v) is 6.20. The molecule has 1 heterocycles. The lowest BCUT2D eigenvalue weighted by Crippen LogP contribution is -2.34. The Morgan fingerprint density at radius 1 is 1.33 bits per heavy atom. The van der Waals surface area contributed by atoms with Crippen LogP contribution in [0.5, 0.6) is 0 Å². The Hall–Kier alpha value is -0.470. The fraction of sp³-hybridized carbons (Fsp3) is 0.455. The highest BCUT2D eigenvalue weighted by Gasteiger charge is 2.41. The van der Waals surface area contributed by atoms with Gasteiger partial charge in [-0.2, -0.15) is 0 Å². The molecule has 1 aromatic carbocycles. The van der Waals surface area contributed by atoms with E-state index in [2.05, 4.69) is 13.8 Å². The summed E-state index contributed by atoms with van der Waals surface area (Å²) in [6.45, 7) is 4.59. The minimum Gasteiger partial charge on any atom is -0.633 e. The molecule has 0 bridgehead atoms. The van der Waals surface area contributed by atoms with Crippen molar-refractivity contribution in [3.8, 4) is 0 Å². The zero-order chi connectivity index (χ0) is 10.9. The summed E-state index contributed by atoms with van der Waals surface area (Å²) >= 11 is 0. The molecule has 1 saturated heterocycles. The Morgan fingerprint density at radius 2 is 2.00 bits per heavy atom. The summed E-state index contributed by atoms with van der Waals surface area (Å²) in [5, 5.41) is 0. The first-order valence-electron chi connectivity index (χ1n) is 4.98. The monoisotopic (exact) mass is 226 g/mol. The molecule has 0 amide bonds. The van der Waals surface area contributed by atoms with Crippen LogP contribution in [-0.2, 0) is 9.05 Å². The van der Waals surface area contributed by atoms with E-state index >= 15 is 0 Å². The molecule has 4 heteroatoms. The third-order valence-corrected chi connectivity index (χ3v) is 3.40. The lowest BCUT2D eigenvalue weighted by Gasteiger charge is -2.37. The first-order chi connectivity index (χ1) is 7.09. The van der Waals surface area contributed by atoms with Crippen LogP contribution in [0.15, 0.2) is 30.3 Å². The average molecular weight is 226 g/mol. The zero-order valence-corrected chi connectivity index (χ0v) is 9.90. The van der Waals surface area contributed by atoms with E-state index in [0.29, 0.717) is 6.61 Å². The van der Waals surface area contributed by atoms with Crippen molar-refractivity contribution >= 4 is 8.60 Å². The predicted octanol–water partition coefficient (Wildman–Crippen LogP) is 2.12. The lowest BCUT2D eigenvalue weighted by molar-refractivity contribution is -0.228. The van der Waals surface area contributed by atoms with E-state index in [1.165, 1.54) is 0 Å². The summed E-state index contributed by atoms with van der Waals surface area (Å²) < 4.78 is 10.5. The van der Waals surface area contributed by atoms with Crippen molar-refractivity contribution in [1.82, 2.24) is 0 Å². The van der Waals surface area contributed by atoms with Crippen LogP contribution in [0.2, 0.25) is 0 Å². The average Bonchev–Trinajstić information content (AvgIpc) is 2.23. The van der Waals surface area contributed by atoms with Crippen molar-refractivity contribution in [2.75, 3.05) is 6.61 Å². The van der Waals surface area contributed by atoms with E-state index < -0.39 is 8.60 Å². The topological polar surface area (TPSA) is 41.5 Å². The summed E-state index contributed by atoms with van der Waals surface area (Å²) in [7, 11) is -2.31. The van der Waals surface area contributed by atoms with Crippen LogP contribution >= 0.6 is 8.60 Å². The summed E-state index contributed by atoms with van der Waals surface area (Å²) in [5.41, 5.74) is 0.920. The van der Waals surface area contributed by atoms with Crippen LogP contribution in [-0.4, -0.2) is 6.61 Å². The van der Waals surface area contributed by atoms with Crippen molar-refractivity contribution in [2.24, 2.45) is 5.41 Å². The van der Waals surface area contributed by atoms with Gasteiger partial charge in [0.05, 0.1) is 0 Å². The molecule has 3 nitrogen and oxygen atoms in total. The van der Waals surface area contributed by atoms with Crippen molar-refractivity contribution in [3.63, 3.8) is 0 Å². The predicted molar refractivity (Wildman–Crippen MR) is 58.3 cm³/mol. The largest absolute Gasteiger partial charge is 0.633 e. The lowest BCUT2D eigenvalue weighted by atomic mass is 9.83. The highest BCUT2D eigenvalue weighted by atomic mass is 31.2. The van der Waals surface area contributed by atoms with Gasteiger partial charge in [0.2, 0.25) is 8.60 Å². The highest BCUT2D eigenvalue weighted by molar-refractivity contribution is 7.39. The molecule has 2 atom stereocenters. The maximum Gasteiger partial charge on any atom is 0.225 e. The van der Waals surface area contributed by atoms with E-state index in [0.717, 1.165) is 5.56 Å². The molecule has 1 aromatic rings. The van der Waals surface area contributed by atoms with Gasteiger partial charge in [-0.05, 0) is 5.56 Å². The molecule has 2 rings (SSSR count). The van der Waals surface area contributed by atoms with Crippen LogP contribution in [0, 0.1) is 5.41 Å². The molecular formula is C11H15O3P. The summed E-state index contributed by atoms with van der Waals surface area (Å²) in [5.74, 6) is 0. The van der Waals surface area contributed by atoms with Crippen molar-refractivity contribution < 1.29 is 13.9 Å². The molecule has 0 saturated carbocycles. The molecule has 1 unspecified atom stereocenters. The minimum atomic E-state index is -2.31. The van der Waals surface area contributed by atoms with Crippen LogP contribution in [0.25, 0.3) is 0 Å². The van der Waals surface area contributed by atoms with Gasteiger partial charge in [0, 0.05) is 5.41 Å². The van der Waals surface area contributed by atoms with Gasteiger partial charge in [0.1, 0.15) is 12.7 Å². The molecule has 1 aliphatic heterocycles. The molecule has 1 aliphatic rings. The van der Waals surface area contributed by atoms with E-state index in [-0.39, 0.29) is 11.5 Å². The minimum absolute atomic E-state index is 0.139. The maximum absolute atomic E-state index is 11.3. The fourth-order valence-electron chi connectivity index (χ4n) is 1.76. The van der Waals surface area contributed by atoms with Gasteiger partial charge in [-0.3, -0.25) is 0 Å². The molecule has 0 aliphatic carbocycles. The van der Waals surface area contributed by atoms with E-state index in [4.69, 9.17) is 9.05 Å². The molecule has 1 fully saturated rings. The third-order valence-electron chi connectivity index (χ3n) is 2.59. The summed E-state index contributed by atoms with van der Waals surface area (Å²) in [6, 6.07) is 9.86. The van der Waals surface area contributed by atoms with Crippen LogP contribution in [0.4, 0.5) is 0 Å². The first kappa shape index (κ1) is 11.0. The molecular weight excluding hydrogens is 211 g/mol. The fourth-order valence-corrected chi connectivity index (χ4v) is 2.96. The molecule has 82 valence electrons. The van der Waals surface area contributed by atoms with Crippen molar-refractivity contribution in [2.45, 2.75) is 20.0 Å². The molecule has 15 heavy (non-hydrogen) atoms. The van der Waals surface area contributed by atoms with Gasteiger partial charge < -0.3 is 4.89 Å². The number of hydrogen-bond acceptors (Lipinski definition) is 3. The van der Waals surface area contributed by atoms with Gasteiger partial charge in [0.15, 0.2) is 0 Å². The van der Waals surface area contributed by atoms with Crippen LogP contribution in [0.1, 0.15) is 25.5 Å².